The van der Waals surface area contributed by atoms with Crippen molar-refractivity contribution in [2.24, 2.45) is 0 Å². The molecular weight excluding hydrogens is 234 g/mol. The van der Waals surface area contributed by atoms with Crippen molar-refractivity contribution in [3.8, 4) is 0 Å². The first kappa shape index (κ1) is 11.8. The van der Waals surface area contributed by atoms with Crippen molar-refractivity contribution in [3.05, 3.63) is 29.3 Å². The first-order valence-electron chi connectivity index (χ1n) is 5.41. The van der Waals surface area contributed by atoms with Gasteiger partial charge in [0.2, 0.25) is 0 Å². The summed E-state index contributed by atoms with van der Waals surface area (Å²) in [6, 6.07) is 8.04. The Kier molecular flexibility index (Phi) is 2.68. The second-order valence-electron chi connectivity index (χ2n) is 5.31. The molecule has 1 aromatic heterocycles. The van der Waals surface area contributed by atoms with Crippen LogP contribution in [0, 0.1) is 0 Å². The SMILES string of the molecule is CC(O)(c1nc2ccccc2s1)[Si](C)(C)C. The van der Waals surface area contributed by atoms with E-state index < -0.39 is 13.3 Å². The molecule has 2 aromatic rings. The highest BCUT2D eigenvalue weighted by atomic mass is 32.1. The first-order chi connectivity index (χ1) is 7.32. The van der Waals surface area contributed by atoms with Gasteiger partial charge in [0.15, 0.2) is 0 Å². The minimum atomic E-state index is -1.69. The standard InChI is InChI=1S/C12H17NOSSi/c1-12(14,16(2,3)4)11-13-9-7-5-6-8-10(9)15-11/h5-8,14H,1-4H3. The van der Waals surface area contributed by atoms with E-state index in [-0.39, 0.29) is 0 Å². The third-order valence-electron chi connectivity index (χ3n) is 3.17. The van der Waals surface area contributed by atoms with E-state index in [0.29, 0.717) is 0 Å². The van der Waals surface area contributed by atoms with Gasteiger partial charge in [0, 0.05) is 0 Å². The minimum absolute atomic E-state index is 0.753. The van der Waals surface area contributed by atoms with Crippen LogP contribution in [0.15, 0.2) is 24.3 Å². The van der Waals surface area contributed by atoms with Crippen LogP contribution in [0.4, 0.5) is 0 Å². The maximum absolute atomic E-state index is 10.6. The number of hydrogen-bond acceptors (Lipinski definition) is 3. The largest absolute Gasteiger partial charge is 0.387 e. The van der Waals surface area contributed by atoms with Gasteiger partial charge in [-0.15, -0.1) is 11.3 Å². The lowest BCUT2D eigenvalue weighted by atomic mass is 10.3. The van der Waals surface area contributed by atoms with E-state index in [2.05, 4.69) is 30.7 Å². The monoisotopic (exact) mass is 251 g/mol. The van der Waals surface area contributed by atoms with E-state index in [0.717, 1.165) is 15.2 Å². The molecule has 2 rings (SSSR count). The van der Waals surface area contributed by atoms with Gasteiger partial charge in [-0.2, -0.15) is 0 Å². The van der Waals surface area contributed by atoms with Gasteiger partial charge in [-0.1, -0.05) is 31.8 Å². The Morgan fingerprint density at radius 2 is 1.88 bits per heavy atom. The molecule has 0 saturated carbocycles. The van der Waals surface area contributed by atoms with Crippen LogP contribution >= 0.6 is 11.3 Å². The lowest BCUT2D eigenvalue weighted by Crippen LogP contribution is -2.47. The normalized spacial score (nSPS) is 16.3. The van der Waals surface area contributed by atoms with Crippen LogP contribution < -0.4 is 0 Å². The molecule has 0 saturated heterocycles. The van der Waals surface area contributed by atoms with Crippen LogP contribution in [0.25, 0.3) is 10.2 Å². The Bertz CT molecular complexity index is 480. The van der Waals surface area contributed by atoms with Crippen molar-refractivity contribution in [1.82, 2.24) is 4.98 Å². The fourth-order valence-electron chi connectivity index (χ4n) is 1.40. The highest BCUT2D eigenvalue weighted by Crippen LogP contribution is 2.36. The van der Waals surface area contributed by atoms with Crippen LogP contribution in [-0.4, -0.2) is 18.2 Å². The lowest BCUT2D eigenvalue weighted by Gasteiger charge is -2.33. The van der Waals surface area contributed by atoms with Gasteiger partial charge < -0.3 is 5.11 Å². The molecule has 1 unspecified atom stereocenters. The summed E-state index contributed by atoms with van der Waals surface area (Å²) in [6.45, 7) is 8.40. The number of thiazole rings is 1. The number of benzene rings is 1. The Morgan fingerprint density at radius 3 is 2.44 bits per heavy atom. The Labute approximate surface area is 101 Å². The number of aliphatic hydroxyl groups is 1. The third kappa shape index (κ3) is 1.81. The molecule has 86 valence electrons. The molecule has 0 fully saturated rings. The molecular formula is C12H17NOSSi. The van der Waals surface area contributed by atoms with Crippen LogP contribution in [0.1, 0.15) is 11.9 Å². The van der Waals surface area contributed by atoms with Gasteiger partial charge in [0.25, 0.3) is 0 Å². The van der Waals surface area contributed by atoms with Crippen LogP contribution in [-0.2, 0) is 5.22 Å². The Morgan fingerprint density at radius 1 is 1.25 bits per heavy atom. The molecule has 0 amide bonds. The molecule has 0 radical (unpaired) electrons. The number of hydrogen-bond donors (Lipinski definition) is 1. The smallest absolute Gasteiger partial charge is 0.122 e. The average Bonchev–Trinajstić information content (AvgIpc) is 2.59. The summed E-state index contributed by atoms with van der Waals surface area (Å²) < 4.78 is 1.15. The van der Waals surface area contributed by atoms with Gasteiger partial charge in [-0.25, -0.2) is 4.98 Å². The van der Waals surface area contributed by atoms with E-state index in [9.17, 15) is 5.11 Å². The second kappa shape index (κ2) is 3.65. The fraction of sp³-hybridized carbons (Fsp3) is 0.417. The molecule has 1 aromatic carbocycles. The van der Waals surface area contributed by atoms with Crippen molar-refractivity contribution >= 4 is 29.6 Å². The molecule has 1 heterocycles. The van der Waals surface area contributed by atoms with Crippen molar-refractivity contribution in [3.63, 3.8) is 0 Å². The highest BCUT2D eigenvalue weighted by Gasteiger charge is 2.41. The number of fused-ring (bicyclic) bond motifs is 1. The summed E-state index contributed by atoms with van der Waals surface area (Å²) >= 11 is 1.60. The van der Waals surface area contributed by atoms with E-state index in [4.69, 9.17) is 0 Å². The van der Waals surface area contributed by atoms with Crippen molar-refractivity contribution in [1.29, 1.82) is 0 Å². The summed E-state index contributed by atoms with van der Waals surface area (Å²) in [5.74, 6) is 0. The zero-order valence-corrected chi connectivity index (χ0v) is 11.9. The molecule has 4 heteroatoms. The van der Waals surface area contributed by atoms with Gasteiger partial charge in [-0.05, 0) is 19.1 Å². The van der Waals surface area contributed by atoms with Gasteiger partial charge in [0.05, 0.1) is 18.3 Å². The maximum atomic E-state index is 10.6. The van der Waals surface area contributed by atoms with E-state index in [1.54, 1.807) is 11.3 Å². The van der Waals surface area contributed by atoms with Gasteiger partial charge in [-0.3, -0.25) is 0 Å². The van der Waals surface area contributed by atoms with Crippen LogP contribution in [0.5, 0.6) is 0 Å². The van der Waals surface area contributed by atoms with E-state index in [1.165, 1.54) is 0 Å². The number of rotatable bonds is 2. The Balaban J connectivity index is 2.56. The fourth-order valence-corrected chi connectivity index (χ4v) is 4.09. The average molecular weight is 251 g/mol. The first-order valence-corrected chi connectivity index (χ1v) is 9.72. The quantitative estimate of drug-likeness (QED) is 0.830. The summed E-state index contributed by atoms with van der Waals surface area (Å²) in [5, 5.41) is 10.7. The van der Waals surface area contributed by atoms with Crippen molar-refractivity contribution < 1.29 is 5.11 Å². The van der Waals surface area contributed by atoms with E-state index in [1.807, 2.05) is 25.1 Å². The van der Waals surface area contributed by atoms with Gasteiger partial charge in [0.1, 0.15) is 10.2 Å². The summed E-state index contributed by atoms with van der Waals surface area (Å²) in [4.78, 5) is 4.55. The molecule has 1 N–H and O–H groups in total. The van der Waals surface area contributed by atoms with Crippen molar-refractivity contribution in [2.45, 2.75) is 31.8 Å². The highest BCUT2D eigenvalue weighted by molar-refractivity contribution is 7.19. The summed E-state index contributed by atoms with van der Waals surface area (Å²) in [6.07, 6.45) is 0. The second-order valence-corrected chi connectivity index (χ2v) is 11.8. The minimum Gasteiger partial charge on any atom is -0.387 e. The summed E-state index contributed by atoms with van der Waals surface area (Å²) in [5.41, 5.74) is 0.987. The van der Waals surface area contributed by atoms with Crippen LogP contribution in [0.3, 0.4) is 0 Å². The van der Waals surface area contributed by atoms with E-state index >= 15 is 0 Å². The predicted molar refractivity (Wildman–Crippen MR) is 72.5 cm³/mol. The molecule has 16 heavy (non-hydrogen) atoms. The molecule has 0 aliphatic carbocycles. The number of nitrogens with zero attached hydrogens (tertiary/aromatic N) is 1. The topological polar surface area (TPSA) is 33.1 Å². The molecule has 0 spiro atoms. The third-order valence-corrected chi connectivity index (χ3v) is 7.76. The molecule has 1 atom stereocenters. The predicted octanol–water partition coefficient (Wildman–Crippen LogP) is 3.38. The molecule has 0 aliphatic rings. The molecule has 0 aliphatic heterocycles. The van der Waals surface area contributed by atoms with Crippen molar-refractivity contribution in [2.75, 3.05) is 0 Å². The molecule has 0 bridgehead atoms. The molecule has 2 nitrogen and oxygen atoms in total. The zero-order chi connectivity index (χ0) is 12.0. The maximum Gasteiger partial charge on any atom is 0.122 e. The zero-order valence-electron chi connectivity index (χ0n) is 10.1. The number of para-hydroxylation sites is 1. The number of aromatic nitrogens is 1. The lowest BCUT2D eigenvalue weighted by molar-refractivity contribution is 0.136. The van der Waals surface area contributed by atoms with Gasteiger partial charge >= 0.3 is 0 Å². The summed E-state index contributed by atoms with van der Waals surface area (Å²) in [7, 11) is -1.69. The Hall–Kier alpha value is -0.713. The van der Waals surface area contributed by atoms with Crippen LogP contribution in [0.2, 0.25) is 19.6 Å².